The van der Waals surface area contributed by atoms with E-state index in [2.05, 4.69) is 20.5 Å². The molecule has 8 heteroatoms. The van der Waals surface area contributed by atoms with Gasteiger partial charge in [-0.15, -0.1) is 0 Å². The Hall–Kier alpha value is -3.65. The van der Waals surface area contributed by atoms with Gasteiger partial charge in [0.2, 0.25) is 5.89 Å². The summed E-state index contributed by atoms with van der Waals surface area (Å²) in [4.78, 5) is 33.1. The fraction of sp³-hybridized carbons (Fsp3) is 0.320. The van der Waals surface area contributed by atoms with E-state index in [-0.39, 0.29) is 11.9 Å². The molecule has 2 aromatic carbocycles. The van der Waals surface area contributed by atoms with Crippen LogP contribution in [0.2, 0.25) is 0 Å². The van der Waals surface area contributed by atoms with Crippen LogP contribution in [0.4, 0.5) is 10.5 Å². The molecule has 2 heterocycles. The number of hydrogen-bond acceptors (Lipinski definition) is 5. The third kappa shape index (κ3) is 5.40. The van der Waals surface area contributed by atoms with Gasteiger partial charge in [0.25, 0.3) is 5.91 Å². The molecule has 0 aliphatic carbocycles. The van der Waals surface area contributed by atoms with Crippen molar-refractivity contribution < 1.29 is 14.0 Å². The van der Waals surface area contributed by atoms with Crippen LogP contribution in [-0.2, 0) is 6.54 Å². The molecule has 0 radical (unpaired) electrons. The molecule has 1 aromatic heterocycles. The fourth-order valence-electron chi connectivity index (χ4n) is 3.85. The number of rotatable bonds is 5. The summed E-state index contributed by atoms with van der Waals surface area (Å²) in [5, 5.41) is 5.59. The van der Waals surface area contributed by atoms with Gasteiger partial charge in [0.05, 0.1) is 5.69 Å². The normalized spacial score (nSPS) is 14.2. The molecule has 0 saturated carbocycles. The lowest BCUT2D eigenvalue weighted by atomic mass is 10.1. The van der Waals surface area contributed by atoms with Crippen LogP contribution in [0.25, 0.3) is 11.5 Å². The molecule has 2 N–H and O–H groups in total. The molecular weight excluding hydrogens is 418 g/mol. The number of nitrogens with zero attached hydrogens (tertiary/aromatic N) is 3. The van der Waals surface area contributed by atoms with Crippen molar-refractivity contribution in [2.24, 2.45) is 0 Å². The van der Waals surface area contributed by atoms with Gasteiger partial charge < -0.3 is 20.0 Å². The molecule has 1 saturated heterocycles. The average Bonchev–Trinajstić information content (AvgIpc) is 3.19. The highest BCUT2D eigenvalue weighted by Crippen LogP contribution is 2.23. The SMILES string of the molecule is CNC(=O)c1ccc(-c2nc(CN3CCN(C(=O)Nc4cccc(C)c4)CC3)c(C)o2)cc1. The van der Waals surface area contributed by atoms with E-state index in [0.717, 1.165) is 41.4 Å². The highest BCUT2D eigenvalue weighted by molar-refractivity contribution is 5.94. The number of aromatic nitrogens is 1. The topological polar surface area (TPSA) is 90.7 Å². The van der Waals surface area contributed by atoms with Crippen LogP contribution >= 0.6 is 0 Å². The Morgan fingerprint density at radius 1 is 1.03 bits per heavy atom. The zero-order valence-electron chi connectivity index (χ0n) is 19.2. The molecule has 0 unspecified atom stereocenters. The van der Waals surface area contributed by atoms with E-state index in [9.17, 15) is 9.59 Å². The van der Waals surface area contributed by atoms with Crippen LogP contribution in [0.15, 0.2) is 52.9 Å². The standard InChI is InChI=1S/C25H29N5O3/c1-17-5-4-6-21(15-17)27-25(32)30-13-11-29(12-14-30)16-22-18(2)33-24(28-22)20-9-7-19(8-10-20)23(31)26-3/h4-10,15H,11-14,16H2,1-3H3,(H,26,31)(H,27,32). The molecule has 4 rings (SSSR count). The molecule has 1 aliphatic rings. The van der Waals surface area contributed by atoms with Crippen LogP contribution in [-0.4, -0.2) is 59.9 Å². The van der Waals surface area contributed by atoms with Gasteiger partial charge in [0.15, 0.2) is 0 Å². The molecule has 172 valence electrons. The lowest BCUT2D eigenvalue weighted by Gasteiger charge is -2.34. The number of hydrogen-bond donors (Lipinski definition) is 2. The number of urea groups is 1. The highest BCUT2D eigenvalue weighted by Gasteiger charge is 2.23. The van der Waals surface area contributed by atoms with Crippen LogP contribution in [0.3, 0.4) is 0 Å². The number of amides is 3. The van der Waals surface area contributed by atoms with Gasteiger partial charge >= 0.3 is 6.03 Å². The predicted molar refractivity (Wildman–Crippen MR) is 127 cm³/mol. The smallest absolute Gasteiger partial charge is 0.321 e. The zero-order valence-corrected chi connectivity index (χ0v) is 19.2. The van der Waals surface area contributed by atoms with E-state index in [1.54, 1.807) is 19.2 Å². The van der Waals surface area contributed by atoms with Gasteiger partial charge in [-0.3, -0.25) is 9.69 Å². The maximum Gasteiger partial charge on any atom is 0.321 e. The predicted octanol–water partition coefficient (Wildman–Crippen LogP) is 3.67. The number of carbonyl (C=O) groups is 2. The van der Waals surface area contributed by atoms with Crippen molar-refractivity contribution in [2.75, 3.05) is 38.5 Å². The van der Waals surface area contributed by atoms with E-state index in [0.29, 0.717) is 31.1 Å². The van der Waals surface area contributed by atoms with Gasteiger partial charge in [-0.1, -0.05) is 12.1 Å². The van der Waals surface area contributed by atoms with Gasteiger partial charge in [0.1, 0.15) is 5.76 Å². The summed E-state index contributed by atoms with van der Waals surface area (Å²) >= 11 is 0. The minimum Gasteiger partial charge on any atom is -0.441 e. The molecule has 3 amide bonds. The Labute approximate surface area is 193 Å². The summed E-state index contributed by atoms with van der Waals surface area (Å²) in [6.45, 7) is 7.43. The molecule has 0 spiro atoms. The van der Waals surface area contributed by atoms with Crippen LogP contribution in [0.5, 0.6) is 0 Å². The molecule has 33 heavy (non-hydrogen) atoms. The van der Waals surface area contributed by atoms with Crippen molar-refractivity contribution in [2.45, 2.75) is 20.4 Å². The van der Waals surface area contributed by atoms with E-state index in [1.165, 1.54) is 0 Å². The number of benzene rings is 2. The Balaban J connectivity index is 1.33. The van der Waals surface area contributed by atoms with Gasteiger partial charge in [-0.05, 0) is 55.8 Å². The van der Waals surface area contributed by atoms with Crippen molar-refractivity contribution in [1.29, 1.82) is 0 Å². The quantitative estimate of drug-likeness (QED) is 0.623. The van der Waals surface area contributed by atoms with Crippen molar-refractivity contribution in [3.8, 4) is 11.5 Å². The van der Waals surface area contributed by atoms with E-state index in [1.807, 2.05) is 55.1 Å². The molecule has 0 bridgehead atoms. The van der Waals surface area contributed by atoms with E-state index < -0.39 is 0 Å². The van der Waals surface area contributed by atoms with Crippen LogP contribution < -0.4 is 10.6 Å². The molecule has 8 nitrogen and oxygen atoms in total. The van der Waals surface area contributed by atoms with Crippen molar-refractivity contribution in [1.82, 2.24) is 20.1 Å². The Morgan fingerprint density at radius 2 is 1.76 bits per heavy atom. The van der Waals surface area contributed by atoms with Crippen molar-refractivity contribution in [3.05, 3.63) is 71.1 Å². The molecular formula is C25H29N5O3. The fourth-order valence-corrected chi connectivity index (χ4v) is 3.85. The Bertz CT molecular complexity index is 1130. The second kappa shape index (κ2) is 9.87. The van der Waals surface area contributed by atoms with Gasteiger partial charge in [0, 0.05) is 56.6 Å². The second-order valence-corrected chi connectivity index (χ2v) is 8.24. The first kappa shape index (κ1) is 22.5. The van der Waals surface area contributed by atoms with E-state index >= 15 is 0 Å². The maximum atomic E-state index is 12.6. The third-order valence-electron chi connectivity index (χ3n) is 5.82. The van der Waals surface area contributed by atoms with Crippen molar-refractivity contribution >= 4 is 17.6 Å². The zero-order chi connectivity index (χ0) is 23.4. The minimum absolute atomic E-state index is 0.0691. The van der Waals surface area contributed by atoms with Gasteiger partial charge in [-0.2, -0.15) is 0 Å². The Morgan fingerprint density at radius 3 is 2.42 bits per heavy atom. The largest absolute Gasteiger partial charge is 0.441 e. The summed E-state index contributed by atoms with van der Waals surface area (Å²) in [6, 6.07) is 14.9. The number of carbonyl (C=O) groups excluding carboxylic acids is 2. The average molecular weight is 448 g/mol. The first-order chi connectivity index (χ1) is 15.9. The number of anilines is 1. The minimum atomic E-state index is -0.127. The van der Waals surface area contributed by atoms with E-state index in [4.69, 9.17) is 4.42 Å². The molecule has 3 aromatic rings. The van der Waals surface area contributed by atoms with Crippen molar-refractivity contribution in [3.63, 3.8) is 0 Å². The molecule has 0 atom stereocenters. The number of piperazine rings is 1. The summed E-state index contributed by atoms with van der Waals surface area (Å²) < 4.78 is 5.89. The maximum absolute atomic E-state index is 12.6. The lowest BCUT2D eigenvalue weighted by Crippen LogP contribution is -2.49. The Kier molecular flexibility index (Phi) is 6.74. The summed E-state index contributed by atoms with van der Waals surface area (Å²) in [5.74, 6) is 1.19. The lowest BCUT2D eigenvalue weighted by molar-refractivity contribution is 0.0963. The molecule has 1 fully saturated rings. The highest BCUT2D eigenvalue weighted by atomic mass is 16.4. The summed E-state index contributed by atoms with van der Waals surface area (Å²) in [7, 11) is 1.61. The van der Waals surface area contributed by atoms with Crippen LogP contribution in [0, 0.1) is 13.8 Å². The van der Waals surface area contributed by atoms with Crippen LogP contribution in [0.1, 0.15) is 27.4 Å². The summed E-state index contributed by atoms with van der Waals surface area (Å²) in [5.41, 5.74) is 4.24. The molecule has 1 aliphatic heterocycles. The monoisotopic (exact) mass is 447 g/mol. The first-order valence-electron chi connectivity index (χ1n) is 11.1. The number of aryl methyl sites for hydroxylation is 2. The first-order valence-corrected chi connectivity index (χ1v) is 11.1. The number of nitrogens with one attached hydrogen (secondary N) is 2. The third-order valence-corrected chi connectivity index (χ3v) is 5.82. The second-order valence-electron chi connectivity index (χ2n) is 8.24. The van der Waals surface area contributed by atoms with Gasteiger partial charge in [-0.25, -0.2) is 9.78 Å². The number of oxazole rings is 1. The summed E-state index contributed by atoms with van der Waals surface area (Å²) in [6.07, 6.45) is 0.